The molecular formula is C10H8Br2INO. The molecule has 0 bridgehead atoms. The molecule has 2 rings (SSSR count). The van der Waals surface area contributed by atoms with E-state index in [1.165, 1.54) is 0 Å². The van der Waals surface area contributed by atoms with Crippen LogP contribution in [0, 0.1) is 3.57 Å². The number of amides is 1. The topological polar surface area (TPSA) is 20.3 Å². The molecule has 2 nitrogen and oxygen atoms in total. The van der Waals surface area contributed by atoms with Crippen molar-refractivity contribution in [3.05, 3.63) is 26.2 Å². The van der Waals surface area contributed by atoms with Gasteiger partial charge in [-0.3, -0.25) is 4.79 Å². The van der Waals surface area contributed by atoms with Crippen LogP contribution in [0.5, 0.6) is 0 Å². The number of nitrogens with zero attached hydrogens (tertiary/aromatic N) is 1. The predicted molar refractivity (Wildman–Crippen MR) is 76.5 cm³/mol. The highest BCUT2D eigenvalue weighted by Crippen LogP contribution is 2.31. The Morgan fingerprint density at radius 2 is 2.20 bits per heavy atom. The fraction of sp³-hybridized carbons (Fsp3) is 0.300. The molecule has 0 N–H and O–H groups in total. The Balaban J connectivity index is 2.37. The zero-order chi connectivity index (χ0) is 11.0. The van der Waals surface area contributed by atoms with Gasteiger partial charge in [0.2, 0.25) is 5.91 Å². The average molecular weight is 445 g/mol. The van der Waals surface area contributed by atoms with E-state index in [9.17, 15) is 4.79 Å². The molecule has 1 saturated heterocycles. The largest absolute Gasteiger partial charge is 0.310 e. The minimum absolute atomic E-state index is 0.0210. The minimum atomic E-state index is -0.0210. The summed E-state index contributed by atoms with van der Waals surface area (Å²) in [7, 11) is 0. The number of carbonyl (C=O) groups is 1. The summed E-state index contributed by atoms with van der Waals surface area (Å²) in [5.41, 5.74) is 0.997. The number of hydrogen-bond donors (Lipinski definition) is 0. The van der Waals surface area contributed by atoms with Gasteiger partial charge in [0.15, 0.2) is 0 Å². The summed E-state index contributed by atoms with van der Waals surface area (Å²) in [6.07, 6.45) is 0.876. The molecule has 15 heavy (non-hydrogen) atoms. The zero-order valence-electron chi connectivity index (χ0n) is 7.71. The van der Waals surface area contributed by atoms with Crippen LogP contribution in [0.3, 0.4) is 0 Å². The summed E-state index contributed by atoms with van der Waals surface area (Å²) >= 11 is 9.06. The van der Waals surface area contributed by atoms with E-state index in [2.05, 4.69) is 54.5 Å². The van der Waals surface area contributed by atoms with E-state index in [0.717, 1.165) is 26.7 Å². The van der Waals surface area contributed by atoms with Gasteiger partial charge >= 0.3 is 0 Å². The number of carbonyl (C=O) groups excluding carboxylic acids is 1. The normalized spacial score (nSPS) is 21.1. The summed E-state index contributed by atoms with van der Waals surface area (Å²) in [4.78, 5) is 13.6. The Labute approximate surface area is 119 Å². The van der Waals surface area contributed by atoms with Crippen molar-refractivity contribution in [3.8, 4) is 0 Å². The second-order valence-corrected chi connectivity index (χ2v) is 6.53. The maximum atomic E-state index is 11.8. The smallest absolute Gasteiger partial charge is 0.240 e. The second kappa shape index (κ2) is 4.71. The Morgan fingerprint density at radius 1 is 1.47 bits per heavy atom. The maximum Gasteiger partial charge on any atom is 0.240 e. The zero-order valence-corrected chi connectivity index (χ0v) is 13.0. The molecule has 0 radical (unpaired) electrons. The fourth-order valence-corrected chi connectivity index (χ4v) is 3.00. The summed E-state index contributed by atoms with van der Waals surface area (Å²) in [5.74, 6) is 0.158. The summed E-state index contributed by atoms with van der Waals surface area (Å²) < 4.78 is 2.11. The van der Waals surface area contributed by atoms with Crippen molar-refractivity contribution in [2.24, 2.45) is 0 Å². The van der Waals surface area contributed by atoms with Gasteiger partial charge in [-0.2, -0.15) is 0 Å². The first-order valence-corrected chi connectivity index (χ1v) is 7.29. The van der Waals surface area contributed by atoms with E-state index in [0.29, 0.717) is 0 Å². The molecule has 1 heterocycles. The van der Waals surface area contributed by atoms with Crippen LogP contribution >= 0.6 is 54.5 Å². The standard InChI is InChI=1S/C10H8Br2INO/c11-6-1-2-8(13)9(5-6)14-4-3-7(12)10(14)15/h1-2,5,7H,3-4H2. The van der Waals surface area contributed by atoms with Gasteiger partial charge in [-0.05, 0) is 47.2 Å². The monoisotopic (exact) mass is 443 g/mol. The highest BCUT2D eigenvalue weighted by atomic mass is 127. The lowest BCUT2D eigenvalue weighted by molar-refractivity contribution is -0.116. The molecule has 1 aliphatic heterocycles. The maximum absolute atomic E-state index is 11.8. The molecule has 0 aliphatic carbocycles. The van der Waals surface area contributed by atoms with Gasteiger partial charge in [-0.25, -0.2) is 0 Å². The van der Waals surface area contributed by atoms with Crippen LogP contribution in [0.2, 0.25) is 0 Å². The number of rotatable bonds is 1. The SMILES string of the molecule is O=C1C(Br)CCN1c1cc(Br)ccc1I. The van der Waals surface area contributed by atoms with Crippen LogP contribution in [0.4, 0.5) is 5.69 Å². The number of alkyl halides is 1. The highest BCUT2D eigenvalue weighted by Gasteiger charge is 2.31. The van der Waals surface area contributed by atoms with Crippen molar-refractivity contribution in [1.82, 2.24) is 0 Å². The van der Waals surface area contributed by atoms with Gasteiger partial charge in [0.1, 0.15) is 0 Å². The fourth-order valence-electron chi connectivity index (χ4n) is 1.58. The Hall–Kier alpha value is 0.380. The van der Waals surface area contributed by atoms with Gasteiger partial charge in [0.25, 0.3) is 0 Å². The van der Waals surface area contributed by atoms with Crippen LogP contribution in [0.1, 0.15) is 6.42 Å². The molecule has 0 aromatic heterocycles. The van der Waals surface area contributed by atoms with E-state index < -0.39 is 0 Å². The number of benzene rings is 1. The van der Waals surface area contributed by atoms with Gasteiger partial charge in [-0.15, -0.1) is 0 Å². The van der Waals surface area contributed by atoms with Crippen molar-refractivity contribution in [1.29, 1.82) is 0 Å². The first kappa shape index (κ1) is 11.9. The molecule has 1 amide bonds. The van der Waals surface area contributed by atoms with Crippen LogP contribution < -0.4 is 4.90 Å². The summed E-state index contributed by atoms with van der Waals surface area (Å²) in [6.45, 7) is 0.793. The van der Waals surface area contributed by atoms with Gasteiger partial charge in [0.05, 0.1) is 10.5 Å². The number of halogens is 3. The molecule has 5 heteroatoms. The van der Waals surface area contributed by atoms with Crippen molar-refractivity contribution in [2.75, 3.05) is 11.4 Å². The Bertz CT molecular complexity index is 410. The quantitative estimate of drug-likeness (QED) is 0.479. The van der Waals surface area contributed by atoms with Gasteiger partial charge in [0, 0.05) is 14.6 Å². The molecule has 1 aromatic carbocycles. The second-order valence-electron chi connectivity index (χ2n) is 3.34. The van der Waals surface area contributed by atoms with Crippen molar-refractivity contribution in [3.63, 3.8) is 0 Å². The van der Waals surface area contributed by atoms with Crippen LogP contribution in [0.15, 0.2) is 22.7 Å². The molecule has 1 atom stereocenters. The van der Waals surface area contributed by atoms with Gasteiger partial charge in [-0.1, -0.05) is 31.9 Å². The first-order valence-electron chi connectivity index (χ1n) is 4.50. The highest BCUT2D eigenvalue weighted by molar-refractivity contribution is 14.1. The Kier molecular flexibility index (Phi) is 3.72. The minimum Gasteiger partial charge on any atom is -0.310 e. The molecule has 1 aromatic rings. The third-order valence-electron chi connectivity index (χ3n) is 2.34. The Morgan fingerprint density at radius 3 is 2.80 bits per heavy atom. The van der Waals surface area contributed by atoms with Gasteiger partial charge < -0.3 is 4.90 Å². The lowest BCUT2D eigenvalue weighted by Crippen LogP contribution is -2.27. The molecule has 0 saturated carbocycles. The lowest BCUT2D eigenvalue weighted by atomic mass is 10.3. The van der Waals surface area contributed by atoms with Crippen molar-refractivity contribution >= 4 is 66.0 Å². The van der Waals surface area contributed by atoms with Crippen LogP contribution in [-0.4, -0.2) is 17.3 Å². The third kappa shape index (κ3) is 2.39. The third-order valence-corrected chi connectivity index (χ3v) is 4.59. The van der Waals surface area contributed by atoms with E-state index in [4.69, 9.17) is 0 Å². The predicted octanol–water partition coefficient (Wildman–Crippen LogP) is 3.55. The molecule has 0 spiro atoms. The number of hydrogen-bond acceptors (Lipinski definition) is 1. The van der Waals surface area contributed by atoms with E-state index >= 15 is 0 Å². The van der Waals surface area contributed by atoms with Crippen molar-refractivity contribution in [2.45, 2.75) is 11.2 Å². The number of anilines is 1. The molecule has 1 fully saturated rings. The molecule has 1 aliphatic rings. The molecular weight excluding hydrogens is 437 g/mol. The summed E-state index contributed by atoms with van der Waals surface area (Å²) in [5, 5.41) is 0. The van der Waals surface area contributed by atoms with Crippen LogP contribution in [0.25, 0.3) is 0 Å². The first-order chi connectivity index (χ1) is 7.09. The average Bonchev–Trinajstić information content (AvgIpc) is 2.52. The molecule has 80 valence electrons. The lowest BCUT2D eigenvalue weighted by Gasteiger charge is -2.17. The van der Waals surface area contributed by atoms with E-state index in [1.807, 2.05) is 23.1 Å². The van der Waals surface area contributed by atoms with E-state index in [1.54, 1.807) is 0 Å². The summed E-state index contributed by atoms with van der Waals surface area (Å²) in [6, 6.07) is 5.98. The molecule has 1 unspecified atom stereocenters. The van der Waals surface area contributed by atoms with E-state index in [-0.39, 0.29) is 10.7 Å². The van der Waals surface area contributed by atoms with Crippen molar-refractivity contribution < 1.29 is 4.79 Å². The van der Waals surface area contributed by atoms with Crippen LogP contribution in [-0.2, 0) is 4.79 Å².